The molecule has 3 rings (SSSR count). The van der Waals surface area contributed by atoms with Crippen LogP contribution in [0.25, 0.3) is 0 Å². The Bertz CT molecular complexity index is 557. The molecule has 2 aliphatic rings. The highest BCUT2D eigenvalue weighted by molar-refractivity contribution is 7.15. The lowest BCUT2D eigenvalue weighted by Crippen LogP contribution is -2.55. The average molecular weight is 312 g/mol. The summed E-state index contributed by atoms with van der Waals surface area (Å²) < 4.78 is 4.97. The molecule has 2 amide bonds. The van der Waals surface area contributed by atoms with Crippen molar-refractivity contribution in [3.8, 4) is 0 Å². The molecule has 0 spiro atoms. The Hall–Kier alpha value is -1.58. The normalized spacial score (nSPS) is 22.8. The van der Waals surface area contributed by atoms with Crippen LogP contribution < -0.4 is 4.90 Å². The first kappa shape index (κ1) is 14.4. The average Bonchev–Trinajstić information content (AvgIpc) is 3.01. The molecule has 21 heavy (non-hydrogen) atoms. The van der Waals surface area contributed by atoms with Gasteiger partial charge in [-0.2, -0.15) is 0 Å². The van der Waals surface area contributed by atoms with E-state index in [0.717, 1.165) is 0 Å². The van der Waals surface area contributed by atoms with Crippen LogP contribution in [0.2, 0.25) is 0 Å². The molecular formula is C12H16N4O4S. The van der Waals surface area contributed by atoms with Gasteiger partial charge < -0.3 is 14.7 Å². The van der Waals surface area contributed by atoms with E-state index in [1.165, 1.54) is 16.2 Å². The summed E-state index contributed by atoms with van der Waals surface area (Å²) in [4.78, 5) is 27.3. The number of aliphatic hydroxyl groups excluding tert-OH is 1. The standard InChI is InChI=1S/C12H16N4O4S/c1-20-6-9-13-14-12(21-9)16-3-7(2-10(16)18)11(19)15-4-8(17)5-15/h7-8,17H,2-6H2,1H3. The lowest BCUT2D eigenvalue weighted by atomic mass is 10.0. The summed E-state index contributed by atoms with van der Waals surface area (Å²) in [5.41, 5.74) is 0. The van der Waals surface area contributed by atoms with E-state index < -0.39 is 6.10 Å². The SMILES string of the molecule is COCc1nnc(N2CC(C(=O)N3CC(O)C3)CC2=O)s1. The fourth-order valence-electron chi connectivity index (χ4n) is 2.49. The van der Waals surface area contributed by atoms with Crippen molar-refractivity contribution >= 4 is 28.3 Å². The van der Waals surface area contributed by atoms with Gasteiger partial charge in [0.1, 0.15) is 11.6 Å². The van der Waals surface area contributed by atoms with Gasteiger partial charge in [0, 0.05) is 33.2 Å². The van der Waals surface area contributed by atoms with E-state index in [2.05, 4.69) is 10.2 Å². The predicted octanol–water partition coefficient (Wildman–Crippen LogP) is -0.759. The lowest BCUT2D eigenvalue weighted by molar-refractivity contribution is -0.145. The molecule has 2 fully saturated rings. The van der Waals surface area contributed by atoms with Gasteiger partial charge in [0.25, 0.3) is 0 Å². The smallest absolute Gasteiger partial charge is 0.229 e. The Morgan fingerprint density at radius 2 is 2.19 bits per heavy atom. The Balaban J connectivity index is 1.65. The number of ether oxygens (including phenoxy) is 1. The number of aliphatic hydroxyl groups is 1. The Kier molecular flexibility index (Phi) is 3.87. The molecule has 1 aromatic rings. The molecule has 114 valence electrons. The van der Waals surface area contributed by atoms with Gasteiger partial charge in [-0.05, 0) is 0 Å². The maximum atomic E-state index is 12.2. The van der Waals surface area contributed by atoms with E-state index in [-0.39, 0.29) is 24.2 Å². The molecule has 1 unspecified atom stereocenters. The molecule has 0 aliphatic carbocycles. The molecule has 9 heteroatoms. The molecule has 3 heterocycles. The molecule has 0 bridgehead atoms. The van der Waals surface area contributed by atoms with E-state index in [9.17, 15) is 14.7 Å². The van der Waals surface area contributed by atoms with Crippen LogP contribution in [0, 0.1) is 5.92 Å². The number of amides is 2. The maximum absolute atomic E-state index is 12.2. The summed E-state index contributed by atoms with van der Waals surface area (Å²) in [6.07, 6.45) is -0.244. The second-order valence-electron chi connectivity index (χ2n) is 5.21. The van der Waals surface area contributed by atoms with Crippen molar-refractivity contribution < 1.29 is 19.4 Å². The topological polar surface area (TPSA) is 95.9 Å². The fourth-order valence-corrected chi connectivity index (χ4v) is 3.32. The monoisotopic (exact) mass is 312 g/mol. The third kappa shape index (κ3) is 2.76. The van der Waals surface area contributed by atoms with Gasteiger partial charge in [-0.15, -0.1) is 10.2 Å². The second-order valence-corrected chi connectivity index (χ2v) is 6.25. The third-order valence-electron chi connectivity index (χ3n) is 3.60. The summed E-state index contributed by atoms with van der Waals surface area (Å²) in [7, 11) is 1.57. The second kappa shape index (κ2) is 5.66. The zero-order valence-electron chi connectivity index (χ0n) is 11.6. The van der Waals surface area contributed by atoms with E-state index >= 15 is 0 Å². The van der Waals surface area contributed by atoms with Gasteiger partial charge in [0.05, 0.1) is 12.0 Å². The number of rotatable bonds is 4. The molecule has 0 aromatic carbocycles. The number of carbonyl (C=O) groups is 2. The van der Waals surface area contributed by atoms with Crippen LogP contribution in [0.5, 0.6) is 0 Å². The van der Waals surface area contributed by atoms with E-state index in [4.69, 9.17) is 4.74 Å². The number of nitrogens with zero attached hydrogens (tertiary/aromatic N) is 4. The van der Waals surface area contributed by atoms with E-state index in [0.29, 0.717) is 36.4 Å². The van der Waals surface area contributed by atoms with Crippen LogP contribution in [0.1, 0.15) is 11.4 Å². The quantitative estimate of drug-likeness (QED) is 0.785. The first-order valence-electron chi connectivity index (χ1n) is 6.67. The van der Waals surface area contributed by atoms with Crippen molar-refractivity contribution in [2.24, 2.45) is 5.92 Å². The minimum absolute atomic E-state index is 0.0715. The summed E-state index contributed by atoms with van der Waals surface area (Å²) in [6, 6.07) is 0. The number of carbonyl (C=O) groups excluding carboxylic acids is 2. The molecule has 2 aliphatic heterocycles. The minimum atomic E-state index is -0.429. The van der Waals surface area contributed by atoms with Crippen molar-refractivity contribution in [2.45, 2.75) is 19.1 Å². The summed E-state index contributed by atoms with van der Waals surface area (Å²) in [5.74, 6) is -0.549. The highest BCUT2D eigenvalue weighted by Crippen LogP contribution is 2.29. The molecule has 1 aromatic heterocycles. The van der Waals surface area contributed by atoms with Crippen LogP contribution >= 0.6 is 11.3 Å². The number of aromatic nitrogens is 2. The van der Waals surface area contributed by atoms with Gasteiger partial charge in [-0.25, -0.2) is 0 Å². The molecule has 0 saturated carbocycles. The van der Waals surface area contributed by atoms with Gasteiger partial charge in [-0.3, -0.25) is 14.5 Å². The summed E-state index contributed by atoms with van der Waals surface area (Å²) in [5, 5.41) is 18.4. The summed E-state index contributed by atoms with van der Waals surface area (Å²) >= 11 is 1.29. The van der Waals surface area contributed by atoms with Gasteiger partial charge in [-0.1, -0.05) is 11.3 Å². The van der Waals surface area contributed by atoms with Crippen molar-refractivity contribution in [1.29, 1.82) is 0 Å². The third-order valence-corrected chi connectivity index (χ3v) is 4.52. The highest BCUT2D eigenvalue weighted by Gasteiger charge is 2.41. The van der Waals surface area contributed by atoms with Gasteiger partial charge in [0.15, 0.2) is 0 Å². The Morgan fingerprint density at radius 3 is 2.86 bits per heavy atom. The van der Waals surface area contributed by atoms with Crippen LogP contribution in [0.3, 0.4) is 0 Å². The molecule has 1 N–H and O–H groups in total. The van der Waals surface area contributed by atoms with Crippen molar-refractivity contribution in [2.75, 3.05) is 31.6 Å². The number of likely N-dealkylation sites (tertiary alicyclic amines) is 1. The van der Waals surface area contributed by atoms with Crippen molar-refractivity contribution in [1.82, 2.24) is 15.1 Å². The molecule has 2 saturated heterocycles. The van der Waals surface area contributed by atoms with Crippen LogP contribution in [-0.2, 0) is 20.9 Å². The summed E-state index contributed by atoms with van der Waals surface area (Å²) in [6.45, 7) is 1.40. The van der Waals surface area contributed by atoms with Crippen molar-refractivity contribution in [3.63, 3.8) is 0 Å². The predicted molar refractivity (Wildman–Crippen MR) is 73.7 cm³/mol. The Morgan fingerprint density at radius 1 is 1.43 bits per heavy atom. The van der Waals surface area contributed by atoms with Gasteiger partial charge >= 0.3 is 0 Å². The zero-order chi connectivity index (χ0) is 15.0. The highest BCUT2D eigenvalue weighted by atomic mass is 32.1. The molecule has 1 atom stereocenters. The molecule has 0 radical (unpaired) electrons. The lowest BCUT2D eigenvalue weighted by Gasteiger charge is -2.37. The molecular weight excluding hydrogens is 296 g/mol. The van der Waals surface area contributed by atoms with Crippen LogP contribution in [-0.4, -0.2) is 64.9 Å². The number of anilines is 1. The minimum Gasteiger partial charge on any atom is -0.389 e. The number of hydrogen-bond acceptors (Lipinski definition) is 7. The van der Waals surface area contributed by atoms with Gasteiger partial charge in [0.2, 0.25) is 16.9 Å². The largest absolute Gasteiger partial charge is 0.389 e. The van der Waals surface area contributed by atoms with E-state index in [1.54, 1.807) is 12.0 Å². The van der Waals surface area contributed by atoms with Crippen LogP contribution in [0.15, 0.2) is 0 Å². The Labute approximate surface area is 125 Å². The number of hydrogen-bond donors (Lipinski definition) is 1. The van der Waals surface area contributed by atoms with Crippen molar-refractivity contribution in [3.05, 3.63) is 5.01 Å². The van der Waals surface area contributed by atoms with Crippen LogP contribution in [0.4, 0.5) is 5.13 Å². The maximum Gasteiger partial charge on any atom is 0.229 e. The number of β-amino-alcohol motifs (C(OH)–C–C–N with tert-alkyl or cyclic N) is 1. The zero-order valence-corrected chi connectivity index (χ0v) is 12.4. The number of methoxy groups -OCH3 is 1. The first-order chi connectivity index (χ1) is 10.1. The fraction of sp³-hybridized carbons (Fsp3) is 0.667. The van der Waals surface area contributed by atoms with E-state index in [1.807, 2.05) is 0 Å². The first-order valence-corrected chi connectivity index (χ1v) is 7.48. The molecule has 8 nitrogen and oxygen atoms in total.